The molecule has 0 aliphatic carbocycles. The summed E-state index contributed by atoms with van der Waals surface area (Å²) in [5.41, 5.74) is 0.882. The summed E-state index contributed by atoms with van der Waals surface area (Å²) in [6.07, 6.45) is 5.16. The maximum Gasteiger partial charge on any atom is 0.177 e. The first kappa shape index (κ1) is 10.3. The van der Waals surface area contributed by atoms with Crippen LogP contribution in [0.1, 0.15) is 5.56 Å². The molecule has 1 N–H and O–H groups in total. The fourth-order valence-electron chi connectivity index (χ4n) is 0.754. The van der Waals surface area contributed by atoms with E-state index >= 15 is 0 Å². The molecule has 4 heteroatoms. The van der Waals surface area contributed by atoms with Gasteiger partial charge in [0.05, 0.1) is 11.8 Å². The number of pyridine rings is 1. The lowest BCUT2D eigenvalue weighted by Gasteiger charge is -1.86. The molecular weight excluding hydrogens is 255 g/mol. The molecule has 11 heavy (non-hydrogen) atoms. The van der Waals surface area contributed by atoms with Crippen molar-refractivity contribution in [2.24, 2.45) is 12.2 Å². The van der Waals surface area contributed by atoms with Crippen LogP contribution in [0.3, 0.4) is 0 Å². The Labute approximate surface area is 82.4 Å². The molecular formula is C7H9IN2O. The van der Waals surface area contributed by atoms with Crippen molar-refractivity contribution < 1.29 is 33.8 Å². The van der Waals surface area contributed by atoms with E-state index in [4.69, 9.17) is 5.21 Å². The quantitative estimate of drug-likeness (QED) is 0.194. The van der Waals surface area contributed by atoms with Gasteiger partial charge in [-0.05, 0) is 6.07 Å². The highest BCUT2D eigenvalue weighted by atomic mass is 127. The predicted octanol–water partition coefficient (Wildman–Crippen LogP) is -2.68. The predicted molar refractivity (Wildman–Crippen MR) is 37.0 cm³/mol. The Balaban J connectivity index is 0.000001000. The number of hydrogen-bond donors (Lipinski definition) is 1. The van der Waals surface area contributed by atoms with E-state index in [-0.39, 0.29) is 24.0 Å². The largest absolute Gasteiger partial charge is 1.00 e. The average molecular weight is 264 g/mol. The number of hydrogen-bond acceptors (Lipinski definition) is 2. The van der Waals surface area contributed by atoms with E-state index < -0.39 is 0 Å². The van der Waals surface area contributed by atoms with Gasteiger partial charge in [0.25, 0.3) is 0 Å². The van der Waals surface area contributed by atoms with Crippen LogP contribution in [-0.4, -0.2) is 11.4 Å². The third kappa shape index (κ3) is 3.31. The molecule has 60 valence electrons. The van der Waals surface area contributed by atoms with Crippen LogP contribution in [0, 0.1) is 0 Å². The molecule has 1 aromatic heterocycles. The van der Waals surface area contributed by atoms with E-state index in [1.54, 1.807) is 0 Å². The topological polar surface area (TPSA) is 36.5 Å². The molecule has 0 radical (unpaired) electrons. The molecule has 3 nitrogen and oxygen atoms in total. The van der Waals surface area contributed by atoms with Crippen molar-refractivity contribution in [1.29, 1.82) is 0 Å². The summed E-state index contributed by atoms with van der Waals surface area (Å²) in [6, 6.07) is 3.75. The van der Waals surface area contributed by atoms with Crippen LogP contribution in [0.15, 0.2) is 29.7 Å². The zero-order valence-corrected chi connectivity index (χ0v) is 8.26. The Hall–Kier alpha value is -0.650. The number of nitrogens with zero attached hydrogens (tertiary/aromatic N) is 2. The van der Waals surface area contributed by atoms with Crippen LogP contribution in [0.25, 0.3) is 0 Å². The van der Waals surface area contributed by atoms with Gasteiger partial charge in [-0.3, -0.25) is 0 Å². The van der Waals surface area contributed by atoms with Crippen LogP contribution in [0.5, 0.6) is 0 Å². The molecule has 0 aromatic carbocycles. The summed E-state index contributed by atoms with van der Waals surface area (Å²) in [7, 11) is 1.91. The molecule has 0 spiro atoms. The molecule has 1 heterocycles. The summed E-state index contributed by atoms with van der Waals surface area (Å²) in [5.74, 6) is 0. The van der Waals surface area contributed by atoms with Crippen molar-refractivity contribution in [3.05, 3.63) is 30.1 Å². The van der Waals surface area contributed by atoms with Crippen molar-refractivity contribution in [3.63, 3.8) is 0 Å². The zero-order chi connectivity index (χ0) is 7.40. The minimum absolute atomic E-state index is 0. The van der Waals surface area contributed by atoms with Gasteiger partial charge in [0.15, 0.2) is 12.4 Å². The van der Waals surface area contributed by atoms with Gasteiger partial charge < -0.3 is 29.2 Å². The first-order chi connectivity index (χ1) is 4.83. The first-order valence-electron chi connectivity index (χ1n) is 2.95. The van der Waals surface area contributed by atoms with Gasteiger partial charge in [-0.25, -0.2) is 4.57 Å². The van der Waals surface area contributed by atoms with Crippen LogP contribution >= 0.6 is 0 Å². The molecule has 0 bridgehead atoms. The third-order valence-electron chi connectivity index (χ3n) is 1.17. The standard InChI is InChI=1S/C7H8N2O.HI/c1-9-4-2-3-7(6-9)5-8-10;/h2-6H,1H3;1H. The first-order valence-corrected chi connectivity index (χ1v) is 2.95. The number of rotatable bonds is 1. The molecule has 0 fully saturated rings. The van der Waals surface area contributed by atoms with Crippen molar-refractivity contribution in [2.75, 3.05) is 0 Å². The minimum atomic E-state index is 0. The van der Waals surface area contributed by atoms with Gasteiger partial charge in [-0.15, -0.1) is 0 Å². The third-order valence-corrected chi connectivity index (χ3v) is 1.17. The van der Waals surface area contributed by atoms with E-state index in [1.807, 2.05) is 36.1 Å². The molecule has 0 saturated heterocycles. The molecule has 0 amide bonds. The fraction of sp³-hybridized carbons (Fsp3) is 0.143. The van der Waals surface area contributed by atoms with Gasteiger partial charge in [0.2, 0.25) is 0 Å². The van der Waals surface area contributed by atoms with Crippen molar-refractivity contribution in [3.8, 4) is 0 Å². The molecule has 0 saturated carbocycles. The summed E-state index contributed by atoms with van der Waals surface area (Å²) in [6.45, 7) is 0. The number of aromatic nitrogens is 1. The molecule has 1 rings (SSSR count). The van der Waals surface area contributed by atoms with Crippen LogP contribution in [-0.2, 0) is 7.05 Å². The normalized spacial score (nSPS) is 9.55. The second-order valence-electron chi connectivity index (χ2n) is 2.05. The Morgan fingerprint density at radius 3 is 2.91 bits per heavy atom. The average Bonchev–Trinajstić information content (AvgIpc) is 1.88. The van der Waals surface area contributed by atoms with E-state index in [0.717, 1.165) is 5.56 Å². The second kappa shape index (κ2) is 5.06. The number of aryl methyl sites for hydroxylation is 1. The lowest BCUT2D eigenvalue weighted by Crippen LogP contribution is -3.00. The highest BCUT2D eigenvalue weighted by Gasteiger charge is 1.92. The Morgan fingerprint density at radius 2 is 2.36 bits per heavy atom. The fourth-order valence-corrected chi connectivity index (χ4v) is 0.754. The highest BCUT2D eigenvalue weighted by Crippen LogP contribution is 1.87. The Morgan fingerprint density at radius 1 is 1.64 bits per heavy atom. The molecule has 1 aromatic rings. The van der Waals surface area contributed by atoms with Crippen molar-refractivity contribution in [2.45, 2.75) is 0 Å². The van der Waals surface area contributed by atoms with Crippen LogP contribution in [0.2, 0.25) is 0 Å². The molecule has 0 atom stereocenters. The molecule has 0 unspecified atom stereocenters. The highest BCUT2D eigenvalue weighted by molar-refractivity contribution is 5.77. The second-order valence-corrected chi connectivity index (χ2v) is 2.05. The Kier molecular flexibility index (Phi) is 4.76. The summed E-state index contributed by atoms with van der Waals surface area (Å²) >= 11 is 0. The zero-order valence-electron chi connectivity index (χ0n) is 6.11. The summed E-state index contributed by atoms with van der Waals surface area (Å²) in [5, 5.41) is 11.1. The van der Waals surface area contributed by atoms with Crippen molar-refractivity contribution in [1.82, 2.24) is 0 Å². The van der Waals surface area contributed by atoms with E-state index in [0.29, 0.717) is 0 Å². The molecule has 0 aliphatic rings. The van der Waals surface area contributed by atoms with Crippen LogP contribution in [0.4, 0.5) is 0 Å². The summed E-state index contributed by atoms with van der Waals surface area (Å²) < 4.78 is 1.89. The van der Waals surface area contributed by atoms with E-state index in [1.165, 1.54) is 6.21 Å². The van der Waals surface area contributed by atoms with Gasteiger partial charge in [0.1, 0.15) is 7.05 Å². The number of oxime groups is 1. The van der Waals surface area contributed by atoms with Gasteiger partial charge in [-0.2, -0.15) is 0 Å². The molecule has 0 aliphatic heterocycles. The lowest BCUT2D eigenvalue weighted by atomic mass is 10.3. The minimum Gasteiger partial charge on any atom is -1.00 e. The number of halogens is 1. The smallest absolute Gasteiger partial charge is 0.177 e. The maximum atomic E-state index is 8.17. The van der Waals surface area contributed by atoms with E-state index in [9.17, 15) is 0 Å². The van der Waals surface area contributed by atoms with Gasteiger partial charge >= 0.3 is 0 Å². The van der Waals surface area contributed by atoms with E-state index in [2.05, 4.69) is 5.16 Å². The lowest BCUT2D eigenvalue weighted by molar-refractivity contribution is -0.671. The monoisotopic (exact) mass is 264 g/mol. The van der Waals surface area contributed by atoms with Gasteiger partial charge in [0, 0.05) is 6.07 Å². The maximum absolute atomic E-state index is 8.17. The van der Waals surface area contributed by atoms with Gasteiger partial charge in [-0.1, -0.05) is 5.16 Å². The van der Waals surface area contributed by atoms with Crippen molar-refractivity contribution >= 4 is 6.21 Å². The SMILES string of the molecule is C[n+]1cccc(C=NO)c1.[I-]. The Bertz CT molecular complexity index is 250. The van der Waals surface area contributed by atoms with Crippen LogP contribution < -0.4 is 28.5 Å². The summed E-state index contributed by atoms with van der Waals surface area (Å²) in [4.78, 5) is 0.